The van der Waals surface area contributed by atoms with Gasteiger partial charge in [-0.05, 0) is 65.0 Å². The van der Waals surface area contributed by atoms with Gasteiger partial charge in [0.1, 0.15) is 0 Å². The topological polar surface area (TPSA) is 15.3 Å². The Hall–Kier alpha value is -0.0800. The molecule has 1 unspecified atom stereocenters. The van der Waals surface area contributed by atoms with E-state index in [4.69, 9.17) is 0 Å². The minimum atomic E-state index is 0.435. The first-order valence-corrected chi connectivity index (χ1v) is 8.12. The zero-order valence-corrected chi connectivity index (χ0v) is 12.7. The maximum Gasteiger partial charge on any atom is 0.0223 e. The monoisotopic (exact) mass is 252 g/mol. The van der Waals surface area contributed by atoms with E-state index in [9.17, 15) is 0 Å². The number of nitrogens with one attached hydrogen (secondary N) is 1. The summed E-state index contributed by atoms with van der Waals surface area (Å²) < 4.78 is 0. The number of likely N-dealkylation sites (tertiary alicyclic amines) is 1. The lowest BCUT2D eigenvalue weighted by Gasteiger charge is -2.37. The lowest BCUT2D eigenvalue weighted by Crippen LogP contribution is -2.49. The standard InChI is InChI=1S/C16H32N2/c1-4-11-17-15(14-8-5-6-9-14)13-18-12-7-10-16(18,2)3/h14-15,17H,4-13H2,1-3H3. The number of rotatable bonds is 6. The van der Waals surface area contributed by atoms with Crippen LogP contribution in [0.25, 0.3) is 0 Å². The van der Waals surface area contributed by atoms with Gasteiger partial charge in [0.15, 0.2) is 0 Å². The van der Waals surface area contributed by atoms with Gasteiger partial charge in [-0.1, -0.05) is 19.8 Å². The van der Waals surface area contributed by atoms with Crippen LogP contribution in [0.4, 0.5) is 0 Å². The summed E-state index contributed by atoms with van der Waals surface area (Å²) in [5.74, 6) is 0.938. The van der Waals surface area contributed by atoms with E-state index in [2.05, 4.69) is 31.0 Å². The van der Waals surface area contributed by atoms with Crippen molar-refractivity contribution in [3.8, 4) is 0 Å². The smallest absolute Gasteiger partial charge is 0.0223 e. The fourth-order valence-corrected chi connectivity index (χ4v) is 3.81. The molecule has 0 bridgehead atoms. The van der Waals surface area contributed by atoms with Crippen molar-refractivity contribution in [2.75, 3.05) is 19.6 Å². The Bertz CT molecular complexity index is 243. The second-order valence-corrected chi connectivity index (χ2v) is 6.97. The molecule has 18 heavy (non-hydrogen) atoms. The molecule has 2 aliphatic rings. The summed E-state index contributed by atoms with van der Waals surface area (Å²) in [5, 5.41) is 3.83. The molecule has 0 aromatic carbocycles. The zero-order valence-electron chi connectivity index (χ0n) is 12.7. The van der Waals surface area contributed by atoms with E-state index in [1.807, 2.05) is 0 Å². The molecule has 2 heteroatoms. The van der Waals surface area contributed by atoms with E-state index in [0.29, 0.717) is 5.54 Å². The molecule has 1 aliphatic carbocycles. The van der Waals surface area contributed by atoms with Gasteiger partial charge in [0.2, 0.25) is 0 Å². The molecule has 0 aromatic heterocycles. The predicted molar refractivity (Wildman–Crippen MR) is 78.9 cm³/mol. The molecule has 2 fully saturated rings. The van der Waals surface area contributed by atoms with Gasteiger partial charge >= 0.3 is 0 Å². The van der Waals surface area contributed by atoms with Gasteiger partial charge in [-0.15, -0.1) is 0 Å². The van der Waals surface area contributed by atoms with Gasteiger partial charge in [0.05, 0.1) is 0 Å². The van der Waals surface area contributed by atoms with Gasteiger partial charge in [0.25, 0.3) is 0 Å². The first-order chi connectivity index (χ1) is 8.63. The SMILES string of the molecule is CCCNC(CN1CCCC1(C)C)C1CCCC1. The van der Waals surface area contributed by atoms with Crippen molar-refractivity contribution in [3.63, 3.8) is 0 Å². The highest BCUT2D eigenvalue weighted by atomic mass is 15.2. The van der Waals surface area contributed by atoms with Crippen LogP contribution < -0.4 is 5.32 Å². The molecule has 0 radical (unpaired) electrons. The van der Waals surface area contributed by atoms with Gasteiger partial charge < -0.3 is 5.32 Å². The first kappa shape index (κ1) is 14.3. The highest BCUT2D eigenvalue weighted by molar-refractivity contribution is 4.92. The van der Waals surface area contributed by atoms with E-state index in [-0.39, 0.29) is 0 Å². The molecular formula is C16H32N2. The average molecular weight is 252 g/mol. The maximum absolute atomic E-state index is 3.83. The Labute approximate surface area is 114 Å². The van der Waals surface area contributed by atoms with Crippen molar-refractivity contribution in [3.05, 3.63) is 0 Å². The Balaban J connectivity index is 1.91. The highest BCUT2D eigenvalue weighted by Crippen LogP contribution is 2.32. The quantitative estimate of drug-likeness (QED) is 0.779. The van der Waals surface area contributed by atoms with Crippen LogP contribution in [-0.2, 0) is 0 Å². The normalized spacial score (nSPS) is 26.8. The Kier molecular flexibility index (Phi) is 5.08. The molecule has 1 atom stereocenters. The zero-order chi connectivity index (χ0) is 13.0. The van der Waals surface area contributed by atoms with Crippen LogP contribution in [-0.4, -0.2) is 36.1 Å². The lowest BCUT2D eigenvalue weighted by molar-refractivity contribution is 0.139. The van der Waals surface area contributed by atoms with Crippen LogP contribution in [0.5, 0.6) is 0 Å². The second kappa shape index (κ2) is 6.38. The summed E-state index contributed by atoms with van der Waals surface area (Å²) >= 11 is 0. The van der Waals surface area contributed by atoms with Crippen molar-refractivity contribution < 1.29 is 0 Å². The van der Waals surface area contributed by atoms with Crippen molar-refractivity contribution in [1.82, 2.24) is 10.2 Å². The van der Waals surface area contributed by atoms with Crippen molar-refractivity contribution in [1.29, 1.82) is 0 Å². The molecule has 106 valence electrons. The molecule has 1 N–H and O–H groups in total. The Morgan fingerprint density at radius 1 is 1.22 bits per heavy atom. The third-order valence-corrected chi connectivity index (χ3v) is 5.12. The number of hydrogen-bond acceptors (Lipinski definition) is 2. The summed E-state index contributed by atoms with van der Waals surface area (Å²) in [4.78, 5) is 2.73. The Morgan fingerprint density at radius 2 is 1.94 bits per heavy atom. The summed E-state index contributed by atoms with van der Waals surface area (Å²) in [6.45, 7) is 10.9. The van der Waals surface area contributed by atoms with Crippen molar-refractivity contribution >= 4 is 0 Å². The van der Waals surface area contributed by atoms with Crippen LogP contribution >= 0.6 is 0 Å². The van der Waals surface area contributed by atoms with Gasteiger partial charge in [-0.3, -0.25) is 4.90 Å². The second-order valence-electron chi connectivity index (χ2n) is 6.97. The predicted octanol–water partition coefficient (Wildman–Crippen LogP) is 3.42. The largest absolute Gasteiger partial charge is 0.312 e. The van der Waals surface area contributed by atoms with Crippen LogP contribution in [0.3, 0.4) is 0 Å². The van der Waals surface area contributed by atoms with Gasteiger partial charge in [0, 0.05) is 18.1 Å². The maximum atomic E-state index is 3.83. The minimum absolute atomic E-state index is 0.435. The molecule has 0 amide bonds. The molecule has 1 aliphatic heterocycles. The van der Waals surface area contributed by atoms with Crippen molar-refractivity contribution in [2.24, 2.45) is 5.92 Å². The van der Waals surface area contributed by atoms with Gasteiger partial charge in [-0.25, -0.2) is 0 Å². The van der Waals surface area contributed by atoms with E-state index in [1.54, 1.807) is 0 Å². The van der Waals surface area contributed by atoms with Crippen LogP contribution in [0.1, 0.15) is 65.7 Å². The van der Waals surface area contributed by atoms with Gasteiger partial charge in [-0.2, -0.15) is 0 Å². The fourth-order valence-electron chi connectivity index (χ4n) is 3.81. The number of hydrogen-bond donors (Lipinski definition) is 1. The third kappa shape index (κ3) is 3.48. The molecule has 2 nitrogen and oxygen atoms in total. The van der Waals surface area contributed by atoms with E-state index in [1.165, 1.54) is 64.6 Å². The lowest BCUT2D eigenvalue weighted by atomic mass is 9.95. The third-order valence-electron chi connectivity index (χ3n) is 5.12. The molecule has 2 rings (SSSR count). The molecule has 1 saturated heterocycles. The van der Waals surface area contributed by atoms with E-state index in [0.717, 1.165) is 12.0 Å². The molecule has 1 heterocycles. The number of nitrogens with zero attached hydrogens (tertiary/aromatic N) is 1. The van der Waals surface area contributed by atoms with Crippen LogP contribution in [0.15, 0.2) is 0 Å². The average Bonchev–Trinajstić information content (AvgIpc) is 2.94. The summed E-state index contributed by atoms with van der Waals surface area (Å²) in [7, 11) is 0. The molecule has 0 spiro atoms. The minimum Gasteiger partial charge on any atom is -0.312 e. The van der Waals surface area contributed by atoms with E-state index < -0.39 is 0 Å². The van der Waals surface area contributed by atoms with Crippen molar-refractivity contribution in [2.45, 2.75) is 77.3 Å². The van der Waals surface area contributed by atoms with Crippen LogP contribution in [0, 0.1) is 5.92 Å². The Morgan fingerprint density at radius 3 is 2.50 bits per heavy atom. The van der Waals surface area contributed by atoms with Crippen LogP contribution in [0.2, 0.25) is 0 Å². The molecular weight excluding hydrogens is 220 g/mol. The first-order valence-electron chi connectivity index (χ1n) is 8.12. The fraction of sp³-hybridized carbons (Fsp3) is 1.00. The van der Waals surface area contributed by atoms with E-state index >= 15 is 0 Å². The summed E-state index contributed by atoms with van der Waals surface area (Å²) in [6.07, 6.45) is 9.84. The summed E-state index contributed by atoms with van der Waals surface area (Å²) in [5.41, 5.74) is 0.435. The molecule has 0 aromatic rings. The molecule has 1 saturated carbocycles. The highest BCUT2D eigenvalue weighted by Gasteiger charge is 2.35. The summed E-state index contributed by atoms with van der Waals surface area (Å²) in [6, 6.07) is 0.741.